The van der Waals surface area contributed by atoms with Gasteiger partial charge in [-0.25, -0.2) is 14.6 Å². The van der Waals surface area contributed by atoms with Gasteiger partial charge in [-0.05, 0) is 48.5 Å². The zero-order valence-electron chi connectivity index (χ0n) is 19.5. The van der Waals surface area contributed by atoms with E-state index in [0.717, 1.165) is 4.47 Å². The SMILES string of the molecule is O=C(Oc1ccccc1C=NNC(=O)c1[nH]c2c(F)cccc2c1-c1ccccc1Cl)c1ccc(Br)cc1. The fraction of sp³-hybridized carbons (Fsp3) is 0. The average Bonchev–Trinajstić information content (AvgIpc) is 3.31. The number of hydrazone groups is 1. The van der Waals surface area contributed by atoms with Gasteiger partial charge in [0.1, 0.15) is 17.3 Å². The third kappa shape index (κ3) is 5.22. The van der Waals surface area contributed by atoms with E-state index in [1.807, 2.05) is 0 Å². The lowest BCUT2D eigenvalue weighted by Crippen LogP contribution is -2.19. The summed E-state index contributed by atoms with van der Waals surface area (Å²) in [6.07, 6.45) is 1.36. The van der Waals surface area contributed by atoms with Gasteiger partial charge in [-0.3, -0.25) is 4.79 Å². The summed E-state index contributed by atoms with van der Waals surface area (Å²) < 4.78 is 20.9. The molecule has 0 aliphatic carbocycles. The number of benzene rings is 4. The van der Waals surface area contributed by atoms with Gasteiger partial charge in [-0.15, -0.1) is 0 Å². The van der Waals surface area contributed by atoms with Crippen LogP contribution in [-0.4, -0.2) is 23.1 Å². The van der Waals surface area contributed by atoms with Crippen molar-refractivity contribution in [1.29, 1.82) is 0 Å². The molecule has 0 saturated carbocycles. The summed E-state index contributed by atoms with van der Waals surface area (Å²) in [5.41, 5.74) is 4.63. The largest absolute Gasteiger partial charge is 0.422 e. The van der Waals surface area contributed by atoms with Crippen LogP contribution in [0.3, 0.4) is 0 Å². The number of hydrogen-bond donors (Lipinski definition) is 2. The molecule has 0 bridgehead atoms. The number of nitrogens with zero attached hydrogens (tertiary/aromatic N) is 1. The lowest BCUT2D eigenvalue weighted by atomic mass is 10.0. The standard InChI is InChI=1S/C29H18BrClFN3O3/c30-19-14-12-17(13-15-19)29(37)38-24-11-4-1-6-18(24)16-33-35-28(36)27-25(20-7-2-3-9-22(20)31)21-8-5-10-23(32)26(21)34-27/h1-16,34H,(H,35,36). The predicted molar refractivity (Wildman–Crippen MR) is 149 cm³/mol. The van der Waals surface area contributed by atoms with Crippen LogP contribution in [0.4, 0.5) is 4.39 Å². The van der Waals surface area contributed by atoms with Crippen LogP contribution < -0.4 is 10.2 Å². The molecule has 6 nitrogen and oxygen atoms in total. The van der Waals surface area contributed by atoms with Crippen LogP contribution in [0.25, 0.3) is 22.0 Å². The number of hydrogen-bond acceptors (Lipinski definition) is 4. The number of esters is 1. The van der Waals surface area contributed by atoms with Crippen molar-refractivity contribution in [3.63, 3.8) is 0 Å². The summed E-state index contributed by atoms with van der Waals surface area (Å²) in [5.74, 6) is -1.37. The van der Waals surface area contributed by atoms with E-state index in [1.165, 1.54) is 12.3 Å². The van der Waals surface area contributed by atoms with E-state index >= 15 is 0 Å². The Morgan fingerprint density at radius 3 is 2.47 bits per heavy atom. The summed E-state index contributed by atoms with van der Waals surface area (Å²) >= 11 is 9.75. The van der Waals surface area contributed by atoms with Crippen LogP contribution in [0.2, 0.25) is 5.02 Å². The normalized spacial score (nSPS) is 11.1. The van der Waals surface area contributed by atoms with E-state index in [-0.39, 0.29) is 17.0 Å². The summed E-state index contributed by atoms with van der Waals surface area (Å²) in [5, 5.41) is 4.98. The van der Waals surface area contributed by atoms with E-state index in [4.69, 9.17) is 16.3 Å². The van der Waals surface area contributed by atoms with E-state index < -0.39 is 17.7 Å². The van der Waals surface area contributed by atoms with Crippen LogP contribution >= 0.6 is 27.5 Å². The molecule has 0 fully saturated rings. The fourth-order valence-electron chi connectivity index (χ4n) is 3.94. The number of nitrogens with one attached hydrogen (secondary N) is 2. The van der Waals surface area contributed by atoms with Crippen LogP contribution in [-0.2, 0) is 0 Å². The highest BCUT2D eigenvalue weighted by atomic mass is 79.9. The molecule has 0 radical (unpaired) electrons. The Morgan fingerprint density at radius 1 is 0.947 bits per heavy atom. The van der Waals surface area contributed by atoms with Gasteiger partial charge in [0.05, 0.1) is 17.3 Å². The fourth-order valence-corrected chi connectivity index (χ4v) is 4.43. The van der Waals surface area contributed by atoms with Crippen LogP contribution in [0, 0.1) is 5.82 Å². The highest BCUT2D eigenvalue weighted by molar-refractivity contribution is 9.10. The minimum Gasteiger partial charge on any atom is -0.422 e. The lowest BCUT2D eigenvalue weighted by Gasteiger charge is -2.08. The van der Waals surface area contributed by atoms with Crippen molar-refractivity contribution in [1.82, 2.24) is 10.4 Å². The Bertz CT molecular complexity index is 1700. The summed E-state index contributed by atoms with van der Waals surface area (Å²) in [6.45, 7) is 0. The second-order valence-corrected chi connectivity index (χ2v) is 9.47. The molecule has 5 aromatic rings. The molecule has 1 aromatic heterocycles. The molecule has 1 amide bonds. The molecule has 2 N–H and O–H groups in total. The first kappa shape index (κ1) is 25.4. The molecule has 9 heteroatoms. The van der Waals surface area contributed by atoms with Gasteiger partial charge in [-0.1, -0.05) is 70.0 Å². The maximum atomic E-state index is 14.6. The number of aromatic amines is 1. The van der Waals surface area contributed by atoms with Gasteiger partial charge in [0.25, 0.3) is 5.91 Å². The molecule has 0 spiro atoms. The molecule has 0 aliphatic rings. The van der Waals surface area contributed by atoms with Crippen LogP contribution in [0.15, 0.2) is 101 Å². The summed E-state index contributed by atoms with van der Waals surface area (Å²) in [4.78, 5) is 28.6. The highest BCUT2D eigenvalue weighted by Crippen LogP contribution is 2.37. The number of fused-ring (bicyclic) bond motifs is 1. The minimum atomic E-state index is -0.601. The predicted octanol–water partition coefficient (Wildman–Crippen LogP) is 7.37. The van der Waals surface area contributed by atoms with Crippen LogP contribution in [0.5, 0.6) is 5.75 Å². The Kier molecular flexibility index (Phi) is 7.35. The van der Waals surface area contributed by atoms with Gasteiger partial charge < -0.3 is 9.72 Å². The Morgan fingerprint density at radius 2 is 1.68 bits per heavy atom. The molecule has 0 aliphatic heterocycles. The topological polar surface area (TPSA) is 83.5 Å². The first-order chi connectivity index (χ1) is 18.4. The number of ether oxygens (including phenoxy) is 1. The third-order valence-electron chi connectivity index (χ3n) is 5.72. The molecule has 4 aromatic carbocycles. The summed E-state index contributed by atoms with van der Waals surface area (Å²) in [6, 6.07) is 25.1. The van der Waals surface area contributed by atoms with Crippen molar-refractivity contribution in [2.75, 3.05) is 0 Å². The number of aromatic nitrogens is 1. The lowest BCUT2D eigenvalue weighted by molar-refractivity contribution is 0.0734. The number of H-pyrrole nitrogens is 1. The van der Waals surface area contributed by atoms with Crippen LogP contribution in [0.1, 0.15) is 26.4 Å². The second kappa shape index (κ2) is 11.0. The van der Waals surface area contributed by atoms with Gasteiger partial charge in [-0.2, -0.15) is 5.10 Å². The molecule has 0 atom stereocenters. The monoisotopic (exact) mass is 589 g/mol. The van der Waals surface area contributed by atoms with Gasteiger partial charge >= 0.3 is 5.97 Å². The number of rotatable bonds is 6. The smallest absolute Gasteiger partial charge is 0.343 e. The third-order valence-corrected chi connectivity index (χ3v) is 6.58. The van der Waals surface area contributed by atoms with Crippen molar-refractivity contribution in [2.45, 2.75) is 0 Å². The average molecular weight is 591 g/mol. The quantitative estimate of drug-likeness (QED) is 0.0937. The number of halogens is 3. The first-order valence-electron chi connectivity index (χ1n) is 11.4. The van der Waals surface area contributed by atoms with Crippen molar-refractivity contribution in [3.05, 3.63) is 123 Å². The maximum Gasteiger partial charge on any atom is 0.343 e. The van der Waals surface area contributed by atoms with Crippen molar-refractivity contribution >= 4 is 56.5 Å². The zero-order valence-corrected chi connectivity index (χ0v) is 21.9. The summed E-state index contributed by atoms with van der Waals surface area (Å²) in [7, 11) is 0. The van der Waals surface area contributed by atoms with E-state index in [1.54, 1.807) is 84.9 Å². The Labute approximate surface area is 230 Å². The molecule has 5 rings (SSSR count). The number of amides is 1. The molecule has 1 heterocycles. The Balaban J connectivity index is 1.41. The van der Waals surface area contributed by atoms with Gasteiger partial charge in [0.2, 0.25) is 0 Å². The van der Waals surface area contributed by atoms with Crippen molar-refractivity contribution in [3.8, 4) is 16.9 Å². The molecular formula is C29H18BrClFN3O3. The minimum absolute atomic E-state index is 0.102. The maximum absolute atomic E-state index is 14.6. The van der Waals surface area contributed by atoms with Gasteiger partial charge in [0, 0.05) is 31.6 Å². The molecule has 0 saturated heterocycles. The molecule has 188 valence electrons. The van der Waals surface area contributed by atoms with E-state index in [0.29, 0.717) is 32.7 Å². The number of carbonyl (C=O) groups excluding carboxylic acids is 2. The Hall–Kier alpha value is -4.27. The molecule has 0 unspecified atom stereocenters. The molecular weight excluding hydrogens is 573 g/mol. The number of para-hydroxylation sites is 2. The first-order valence-corrected chi connectivity index (χ1v) is 12.5. The van der Waals surface area contributed by atoms with E-state index in [9.17, 15) is 14.0 Å². The van der Waals surface area contributed by atoms with Gasteiger partial charge in [0.15, 0.2) is 0 Å². The van der Waals surface area contributed by atoms with E-state index in [2.05, 4.69) is 31.4 Å². The second-order valence-electron chi connectivity index (χ2n) is 8.15. The number of carbonyl (C=O) groups is 2. The van der Waals surface area contributed by atoms with Crippen molar-refractivity contribution < 1.29 is 18.7 Å². The highest BCUT2D eigenvalue weighted by Gasteiger charge is 2.22. The van der Waals surface area contributed by atoms with Crippen molar-refractivity contribution in [2.24, 2.45) is 5.10 Å². The zero-order chi connectivity index (χ0) is 26.6. The molecule has 38 heavy (non-hydrogen) atoms.